The van der Waals surface area contributed by atoms with Crippen LogP contribution in [0.5, 0.6) is 0 Å². The van der Waals surface area contributed by atoms with E-state index in [4.69, 9.17) is 0 Å². The van der Waals surface area contributed by atoms with Crippen LogP contribution in [0.4, 0.5) is 9.52 Å². The molecule has 0 spiro atoms. The minimum atomic E-state index is -0.794. The van der Waals surface area contributed by atoms with Crippen LogP contribution >= 0.6 is 11.3 Å². The number of carbonyl (C=O) groups excluding carboxylic acids is 1. The molecule has 0 saturated carbocycles. The molecular weight excluding hydrogens is 461 g/mol. The van der Waals surface area contributed by atoms with Gasteiger partial charge < -0.3 is 5.32 Å². The molecule has 1 amide bonds. The van der Waals surface area contributed by atoms with Crippen LogP contribution < -0.4 is 5.32 Å². The van der Waals surface area contributed by atoms with Crippen LogP contribution in [0, 0.1) is 12.3 Å². The molecule has 2 unspecified atom stereocenters. The van der Waals surface area contributed by atoms with Crippen molar-refractivity contribution in [2.24, 2.45) is 5.41 Å². The van der Waals surface area contributed by atoms with Crippen LogP contribution in [0.2, 0.25) is 0 Å². The zero-order chi connectivity index (χ0) is 24.6. The van der Waals surface area contributed by atoms with E-state index in [1.54, 1.807) is 11.6 Å². The van der Waals surface area contributed by atoms with Gasteiger partial charge in [-0.3, -0.25) is 9.48 Å². The Morgan fingerprint density at radius 3 is 2.77 bits per heavy atom. The highest BCUT2D eigenvalue weighted by Gasteiger charge is 2.39. The third-order valence-electron chi connectivity index (χ3n) is 6.56. The van der Waals surface area contributed by atoms with Crippen molar-refractivity contribution < 1.29 is 9.18 Å². The summed E-state index contributed by atoms with van der Waals surface area (Å²) in [6.07, 6.45) is 7.31. The molecular formula is C27H26FN5OS. The monoisotopic (exact) mass is 487 g/mol. The summed E-state index contributed by atoms with van der Waals surface area (Å²) in [5, 5.41) is 16.8. The molecule has 4 aromatic rings. The Hall–Kier alpha value is -3.65. The van der Waals surface area contributed by atoms with E-state index in [2.05, 4.69) is 57.9 Å². The van der Waals surface area contributed by atoms with E-state index < -0.39 is 5.41 Å². The first-order valence-electron chi connectivity index (χ1n) is 11.5. The maximum absolute atomic E-state index is 13.5. The molecule has 0 fully saturated rings. The number of nitrogens with one attached hydrogen (secondary N) is 1. The van der Waals surface area contributed by atoms with Gasteiger partial charge in [0.25, 0.3) is 0 Å². The normalized spacial score (nSPS) is 16.8. The Morgan fingerprint density at radius 1 is 1.23 bits per heavy atom. The largest absolute Gasteiger partial charge is 0.300 e. The van der Waals surface area contributed by atoms with Crippen molar-refractivity contribution in [2.45, 2.75) is 39.2 Å². The van der Waals surface area contributed by atoms with Crippen LogP contribution in [0.15, 0.2) is 78.2 Å². The molecule has 1 aliphatic carbocycles. The summed E-state index contributed by atoms with van der Waals surface area (Å²) in [7, 11) is 0. The van der Waals surface area contributed by atoms with E-state index in [0.29, 0.717) is 11.6 Å². The quantitative estimate of drug-likeness (QED) is 0.344. The summed E-state index contributed by atoms with van der Waals surface area (Å²) in [6, 6.07) is 14.5. The highest BCUT2D eigenvalue weighted by molar-refractivity contribution is 7.13. The topological polar surface area (TPSA) is 72.7 Å². The summed E-state index contributed by atoms with van der Waals surface area (Å²) in [5.74, 6) is -0.553. The van der Waals surface area contributed by atoms with Crippen molar-refractivity contribution in [3.05, 3.63) is 94.9 Å². The number of nitrogens with zero attached hydrogens (tertiary/aromatic N) is 4. The number of amides is 1. The second-order valence-corrected chi connectivity index (χ2v) is 10.3. The van der Waals surface area contributed by atoms with Gasteiger partial charge in [0, 0.05) is 11.3 Å². The van der Waals surface area contributed by atoms with Crippen molar-refractivity contribution in [3.63, 3.8) is 0 Å². The average molecular weight is 488 g/mol. The summed E-state index contributed by atoms with van der Waals surface area (Å²) in [4.78, 5) is 13.5. The zero-order valence-electron chi connectivity index (χ0n) is 19.8. The van der Waals surface area contributed by atoms with Crippen molar-refractivity contribution >= 4 is 33.3 Å². The molecule has 8 heteroatoms. The lowest BCUT2D eigenvalue weighted by molar-refractivity contribution is -0.124. The SMILES string of the molecule is Cc1cccc(C(c2ccc3c(cnn3C3C=CC(F)=CC3)c2)C(C)(C)C(=O)Nc2nncs2)c1. The first-order valence-corrected chi connectivity index (χ1v) is 12.4. The van der Waals surface area contributed by atoms with E-state index in [0.717, 1.165) is 27.6 Å². The number of hydrogen-bond acceptors (Lipinski definition) is 5. The number of halogens is 1. The van der Waals surface area contributed by atoms with Gasteiger partial charge in [-0.05, 0) is 48.8 Å². The zero-order valence-corrected chi connectivity index (χ0v) is 20.6. The maximum atomic E-state index is 13.5. The van der Waals surface area contributed by atoms with Gasteiger partial charge in [0.1, 0.15) is 11.3 Å². The third-order valence-corrected chi connectivity index (χ3v) is 7.17. The van der Waals surface area contributed by atoms with Crippen LogP contribution in [0.25, 0.3) is 10.9 Å². The fraction of sp³-hybridized carbons (Fsp3) is 0.259. The van der Waals surface area contributed by atoms with Gasteiger partial charge in [-0.2, -0.15) is 5.10 Å². The molecule has 0 saturated heterocycles. The lowest BCUT2D eigenvalue weighted by Gasteiger charge is -2.34. The molecule has 2 aromatic carbocycles. The molecule has 0 aliphatic heterocycles. The van der Waals surface area contributed by atoms with Crippen molar-refractivity contribution in [1.29, 1.82) is 0 Å². The van der Waals surface area contributed by atoms with Crippen molar-refractivity contribution in [1.82, 2.24) is 20.0 Å². The molecule has 0 bridgehead atoms. The van der Waals surface area contributed by atoms with E-state index >= 15 is 0 Å². The molecule has 1 N–H and O–H groups in total. The standard InChI is InChI=1S/C27H26FN5OS/c1-17-5-4-6-18(13-17)24(27(2,3)25(34)31-26-32-29-16-35-26)19-7-12-23-20(14-19)15-30-33(23)22-10-8-21(28)9-11-22/h4-10,12-16,22,24H,11H2,1-3H3,(H,31,32,34). The predicted octanol–water partition coefficient (Wildman–Crippen LogP) is 6.35. The molecule has 6 nitrogen and oxygen atoms in total. The number of benzene rings is 2. The lowest BCUT2D eigenvalue weighted by Crippen LogP contribution is -2.37. The Kier molecular flexibility index (Phi) is 6.06. The molecule has 2 aromatic heterocycles. The van der Waals surface area contributed by atoms with Gasteiger partial charge in [0.05, 0.1) is 23.2 Å². The average Bonchev–Trinajstić information content (AvgIpc) is 3.49. The van der Waals surface area contributed by atoms with E-state index in [-0.39, 0.29) is 23.7 Å². The first kappa shape index (κ1) is 23.1. The molecule has 35 heavy (non-hydrogen) atoms. The van der Waals surface area contributed by atoms with E-state index in [1.165, 1.54) is 17.4 Å². The van der Waals surface area contributed by atoms with Gasteiger partial charge in [-0.25, -0.2) is 4.39 Å². The lowest BCUT2D eigenvalue weighted by atomic mass is 9.70. The highest BCUT2D eigenvalue weighted by Crippen LogP contribution is 2.43. The summed E-state index contributed by atoms with van der Waals surface area (Å²) in [5.41, 5.74) is 4.98. The predicted molar refractivity (Wildman–Crippen MR) is 137 cm³/mol. The highest BCUT2D eigenvalue weighted by atomic mass is 32.1. The second kappa shape index (κ2) is 9.19. The van der Waals surface area contributed by atoms with Gasteiger partial charge in [-0.15, -0.1) is 10.2 Å². The molecule has 0 radical (unpaired) electrons. The molecule has 178 valence electrons. The number of allylic oxidation sites excluding steroid dienone is 4. The van der Waals surface area contributed by atoms with E-state index in [1.807, 2.05) is 42.9 Å². The van der Waals surface area contributed by atoms with Gasteiger partial charge in [0.15, 0.2) is 0 Å². The second-order valence-electron chi connectivity index (χ2n) is 9.43. The first-order chi connectivity index (χ1) is 16.8. The van der Waals surface area contributed by atoms with Crippen LogP contribution in [-0.4, -0.2) is 25.9 Å². The minimum Gasteiger partial charge on any atom is -0.300 e. The van der Waals surface area contributed by atoms with E-state index in [9.17, 15) is 9.18 Å². The van der Waals surface area contributed by atoms with Crippen molar-refractivity contribution in [3.8, 4) is 0 Å². The van der Waals surface area contributed by atoms with Gasteiger partial charge in [0.2, 0.25) is 11.0 Å². The summed E-state index contributed by atoms with van der Waals surface area (Å²) < 4.78 is 15.4. The number of aryl methyl sites for hydroxylation is 1. The Balaban J connectivity index is 1.55. The number of aromatic nitrogens is 4. The van der Waals surface area contributed by atoms with Gasteiger partial charge >= 0.3 is 0 Å². The number of carbonyl (C=O) groups is 1. The van der Waals surface area contributed by atoms with Gasteiger partial charge in [-0.1, -0.05) is 67.2 Å². The molecule has 5 rings (SSSR count). The Morgan fingerprint density at radius 2 is 2.06 bits per heavy atom. The fourth-order valence-corrected chi connectivity index (χ4v) is 5.21. The fourth-order valence-electron chi connectivity index (χ4n) is 4.77. The number of rotatable bonds is 6. The number of fused-ring (bicyclic) bond motifs is 1. The Labute approximate surface area is 207 Å². The number of anilines is 1. The maximum Gasteiger partial charge on any atom is 0.232 e. The number of hydrogen-bond donors (Lipinski definition) is 1. The summed E-state index contributed by atoms with van der Waals surface area (Å²) >= 11 is 1.29. The third kappa shape index (κ3) is 4.53. The summed E-state index contributed by atoms with van der Waals surface area (Å²) in [6.45, 7) is 5.96. The molecule has 2 atom stereocenters. The van der Waals surface area contributed by atoms with Crippen LogP contribution in [0.3, 0.4) is 0 Å². The Bertz CT molecular complexity index is 1440. The minimum absolute atomic E-state index is 0.0282. The van der Waals surface area contributed by atoms with Crippen molar-refractivity contribution in [2.75, 3.05) is 5.32 Å². The molecule has 1 aliphatic rings. The molecule has 2 heterocycles. The van der Waals surface area contributed by atoms with Crippen LogP contribution in [0.1, 0.15) is 48.9 Å². The van der Waals surface area contributed by atoms with Crippen LogP contribution in [-0.2, 0) is 4.79 Å². The smallest absolute Gasteiger partial charge is 0.232 e.